The lowest BCUT2D eigenvalue weighted by molar-refractivity contribution is -0.204. The van der Waals surface area contributed by atoms with Crippen molar-refractivity contribution in [1.82, 2.24) is 0 Å². The predicted molar refractivity (Wildman–Crippen MR) is 125 cm³/mol. The summed E-state index contributed by atoms with van der Waals surface area (Å²) in [4.78, 5) is 0. The first-order chi connectivity index (χ1) is 14.6. The average molecular weight is 449 g/mol. The molecular formula is C25H40O5Si. The summed E-state index contributed by atoms with van der Waals surface area (Å²) in [7, 11) is -1.89. The van der Waals surface area contributed by atoms with Crippen LogP contribution in [0.2, 0.25) is 18.1 Å². The van der Waals surface area contributed by atoms with Gasteiger partial charge in [-0.15, -0.1) is 0 Å². The second-order valence-corrected chi connectivity index (χ2v) is 15.4. The number of ether oxygens (including phenoxy) is 3. The van der Waals surface area contributed by atoms with Crippen LogP contribution < -0.4 is 0 Å². The van der Waals surface area contributed by atoms with Gasteiger partial charge in [-0.1, -0.05) is 63.3 Å². The van der Waals surface area contributed by atoms with Crippen LogP contribution in [0.15, 0.2) is 42.5 Å². The van der Waals surface area contributed by atoms with Gasteiger partial charge in [0.2, 0.25) is 0 Å². The Labute approximate surface area is 188 Å². The molecule has 2 aliphatic rings. The van der Waals surface area contributed by atoms with Crippen LogP contribution in [0, 0.1) is 0 Å². The highest BCUT2D eigenvalue weighted by molar-refractivity contribution is 6.74. The van der Waals surface area contributed by atoms with E-state index in [2.05, 4.69) is 58.2 Å². The average Bonchev–Trinajstić information content (AvgIpc) is 3.00. The Kier molecular flexibility index (Phi) is 7.82. The van der Waals surface area contributed by atoms with Gasteiger partial charge in [0.1, 0.15) is 12.4 Å². The molecule has 2 aliphatic heterocycles. The van der Waals surface area contributed by atoms with E-state index in [1.54, 1.807) is 0 Å². The summed E-state index contributed by atoms with van der Waals surface area (Å²) in [6.07, 6.45) is 7.43. The van der Waals surface area contributed by atoms with E-state index < -0.39 is 13.9 Å². The summed E-state index contributed by atoms with van der Waals surface area (Å²) in [6, 6.07) is 10.1. The molecule has 0 spiro atoms. The number of aliphatic hydroxyl groups is 1. The lowest BCUT2D eigenvalue weighted by Gasteiger charge is -2.46. The lowest BCUT2D eigenvalue weighted by Crippen LogP contribution is -2.53. The van der Waals surface area contributed by atoms with Crippen LogP contribution in [0.3, 0.4) is 0 Å². The van der Waals surface area contributed by atoms with Gasteiger partial charge in [0.15, 0.2) is 8.32 Å². The Hall–Kier alpha value is -1.02. The topological polar surface area (TPSA) is 57.2 Å². The molecule has 0 radical (unpaired) electrons. The van der Waals surface area contributed by atoms with Gasteiger partial charge in [-0.25, -0.2) is 0 Å². The fourth-order valence-electron chi connectivity index (χ4n) is 4.11. The second kappa shape index (κ2) is 9.85. The van der Waals surface area contributed by atoms with Gasteiger partial charge in [-0.2, -0.15) is 0 Å². The monoisotopic (exact) mass is 448 g/mol. The lowest BCUT2D eigenvalue weighted by atomic mass is 9.86. The summed E-state index contributed by atoms with van der Waals surface area (Å²) < 4.78 is 25.1. The second-order valence-electron chi connectivity index (χ2n) is 10.6. The smallest absolute Gasteiger partial charge is 0.192 e. The van der Waals surface area contributed by atoms with E-state index in [1.165, 1.54) is 0 Å². The van der Waals surface area contributed by atoms with E-state index >= 15 is 0 Å². The molecule has 1 aromatic carbocycles. The molecule has 1 saturated heterocycles. The molecular weight excluding hydrogens is 408 g/mol. The van der Waals surface area contributed by atoms with Crippen molar-refractivity contribution >= 4 is 8.32 Å². The molecule has 0 unspecified atom stereocenters. The van der Waals surface area contributed by atoms with Crippen LogP contribution in [0.1, 0.15) is 52.0 Å². The molecule has 1 fully saturated rings. The summed E-state index contributed by atoms with van der Waals surface area (Å²) >= 11 is 0. The van der Waals surface area contributed by atoms with Crippen molar-refractivity contribution in [3.8, 4) is 0 Å². The Morgan fingerprint density at radius 3 is 2.45 bits per heavy atom. The van der Waals surface area contributed by atoms with Gasteiger partial charge in [0, 0.05) is 19.4 Å². The third-order valence-electron chi connectivity index (χ3n) is 6.98. The van der Waals surface area contributed by atoms with Crippen LogP contribution in [-0.2, 0) is 25.2 Å². The zero-order chi connectivity index (χ0) is 22.6. The Morgan fingerprint density at radius 2 is 1.77 bits per heavy atom. The molecule has 1 N–H and O–H groups in total. The van der Waals surface area contributed by atoms with E-state index in [1.807, 2.05) is 18.2 Å². The van der Waals surface area contributed by atoms with E-state index in [9.17, 15) is 5.11 Å². The molecule has 1 aromatic rings. The molecule has 6 heteroatoms. The normalized spacial score (nSPS) is 28.3. The molecule has 0 aromatic heterocycles. The van der Waals surface area contributed by atoms with Gasteiger partial charge >= 0.3 is 0 Å². The molecule has 0 aliphatic carbocycles. The molecule has 31 heavy (non-hydrogen) atoms. The van der Waals surface area contributed by atoms with Gasteiger partial charge in [0.05, 0.1) is 24.9 Å². The van der Waals surface area contributed by atoms with Gasteiger partial charge in [-0.05, 0) is 36.5 Å². The van der Waals surface area contributed by atoms with Crippen LogP contribution in [0.25, 0.3) is 0 Å². The molecule has 3 rings (SSSR count). The van der Waals surface area contributed by atoms with Gasteiger partial charge in [-0.3, -0.25) is 0 Å². The third kappa shape index (κ3) is 6.27. The van der Waals surface area contributed by atoms with Crippen molar-refractivity contribution in [3.63, 3.8) is 0 Å². The highest BCUT2D eigenvalue weighted by atomic mass is 28.4. The van der Waals surface area contributed by atoms with Gasteiger partial charge < -0.3 is 23.7 Å². The van der Waals surface area contributed by atoms with Crippen molar-refractivity contribution in [2.75, 3.05) is 20.0 Å². The Morgan fingerprint density at radius 1 is 1.10 bits per heavy atom. The third-order valence-corrected chi connectivity index (χ3v) is 11.5. The zero-order valence-electron chi connectivity index (χ0n) is 19.9. The number of fused-ring (bicyclic) bond motifs is 2. The quantitative estimate of drug-likeness (QED) is 0.218. The highest BCUT2D eigenvalue weighted by Crippen LogP contribution is 2.48. The van der Waals surface area contributed by atoms with Crippen LogP contribution >= 0.6 is 0 Å². The van der Waals surface area contributed by atoms with Crippen molar-refractivity contribution in [2.45, 2.75) is 88.5 Å². The highest BCUT2D eigenvalue weighted by Gasteiger charge is 2.53. The minimum absolute atomic E-state index is 0.0289. The van der Waals surface area contributed by atoms with E-state index in [0.29, 0.717) is 19.6 Å². The number of benzene rings is 1. The van der Waals surface area contributed by atoms with Gasteiger partial charge in [0.25, 0.3) is 0 Å². The maximum absolute atomic E-state index is 9.38. The minimum atomic E-state index is -1.89. The number of rotatable bonds is 11. The van der Waals surface area contributed by atoms with Crippen LogP contribution in [-0.4, -0.2) is 50.7 Å². The van der Waals surface area contributed by atoms with Crippen LogP contribution in [0.5, 0.6) is 0 Å². The van der Waals surface area contributed by atoms with E-state index in [4.69, 9.17) is 18.6 Å². The molecule has 0 saturated carbocycles. The number of hydrogen-bond donors (Lipinski definition) is 1. The summed E-state index contributed by atoms with van der Waals surface area (Å²) in [5.74, 6) is 0. The largest absolute Gasteiger partial charge is 0.414 e. The summed E-state index contributed by atoms with van der Waals surface area (Å²) in [5, 5.41) is 9.53. The number of hydrogen-bond acceptors (Lipinski definition) is 5. The maximum atomic E-state index is 9.38. The maximum Gasteiger partial charge on any atom is 0.192 e. The fraction of sp³-hybridized carbons (Fsp3) is 0.680. The minimum Gasteiger partial charge on any atom is -0.414 e. The first kappa shape index (κ1) is 24.6. The Balaban J connectivity index is 1.61. The standard InChI is InChI=1S/C25H40O5Si/c1-23(2,3)31(4,5)29-19-25-14-13-24(30-25,12-9-15-26)16-22(17-25)28-20-27-18-21-10-7-6-8-11-21/h6-8,10-11,13-14,22,26H,9,12,15-20H2,1-5H3/t22-,24+,25-/m1/s1. The first-order valence-electron chi connectivity index (χ1n) is 11.5. The summed E-state index contributed by atoms with van der Waals surface area (Å²) in [6.45, 7) is 12.8. The Bertz CT molecular complexity index is 729. The van der Waals surface area contributed by atoms with Crippen molar-refractivity contribution in [3.05, 3.63) is 48.0 Å². The van der Waals surface area contributed by atoms with Crippen LogP contribution in [0.4, 0.5) is 0 Å². The van der Waals surface area contributed by atoms with Crippen molar-refractivity contribution in [2.24, 2.45) is 0 Å². The van der Waals surface area contributed by atoms with Crippen molar-refractivity contribution < 1.29 is 23.7 Å². The van der Waals surface area contributed by atoms with Crippen molar-refractivity contribution in [1.29, 1.82) is 0 Å². The fourth-order valence-corrected chi connectivity index (χ4v) is 5.14. The molecule has 2 heterocycles. The molecule has 3 atom stereocenters. The first-order valence-corrected chi connectivity index (χ1v) is 14.4. The molecule has 5 nitrogen and oxygen atoms in total. The van der Waals surface area contributed by atoms with E-state index in [0.717, 1.165) is 24.8 Å². The van der Waals surface area contributed by atoms with E-state index in [-0.39, 0.29) is 30.1 Å². The molecule has 2 bridgehead atoms. The molecule has 174 valence electrons. The SMILES string of the molecule is CC(C)(C)[Si](C)(C)OC[C@@]12C=C[C@@](CCCO)(C[C@@H](OCOCc3ccccc3)C1)O2. The zero-order valence-corrected chi connectivity index (χ0v) is 20.9. The number of aliphatic hydroxyl groups excluding tert-OH is 1. The molecule has 0 amide bonds. The summed E-state index contributed by atoms with van der Waals surface area (Å²) in [5.41, 5.74) is 0.285. The predicted octanol–water partition coefficient (Wildman–Crippen LogP) is 5.20.